The summed E-state index contributed by atoms with van der Waals surface area (Å²) >= 11 is 0. The largest absolute Gasteiger partial charge is 0.382 e. The summed E-state index contributed by atoms with van der Waals surface area (Å²) in [5.41, 5.74) is 0. The number of hydrogen-bond acceptors (Lipinski definition) is 5. The number of rotatable bonds is 6. The Morgan fingerprint density at radius 3 is 3.00 bits per heavy atom. The molecule has 0 aliphatic carbocycles. The molecule has 0 aromatic rings. The fourth-order valence-corrected chi connectivity index (χ4v) is 1.46. The van der Waals surface area contributed by atoms with Gasteiger partial charge in [-0.1, -0.05) is 0 Å². The van der Waals surface area contributed by atoms with Crippen LogP contribution in [-0.4, -0.2) is 65.2 Å². The summed E-state index contributed by atoms with van der Waals surface area (Å²) in [7, 11) is 3.19. The van der Waals surface area contributed by atoms with Gasteiger partial charge in [-0.15, -0.1) is 0 Å². The van der Waals surface area contributed by atoms with Gasteiger partial charge in [0.05, 0.1) is 19.3 Å². The maximum atomic E-state index is 11.7. The van der Waals surface area contributed by atoms with E-state index in [1.165, 1.54) is 0 Å². The zero-order valence-electron chi connectivity index (χ0n) is 9.82. The first-order chi connectivity index (χ1) is 7.77. The summed E-state index contributed by atoms with van der Waals surface area (Å²) in [5, 5.41) is 5.88. The number of hydrogen-bond donors (Lipinski definition) is 2. The molecule has 1 aliphatic rings. The number of nitrogens with one attached hydrogen (secondary N) is 2. The minimum atomic E-state index is -0.395. The molecule has 0 aromatic heterocycles. The zero-order chi connectivity index (χ0) is 11.8. The van der Waals surface area contributed by atoms with Gasteiger partial charge in [-0.05, 0) is 0 Å². The molecule has 6 nitrogen and oxygen atoms in total. The summed E-state index contributed by atoms with van der Waals surface area (Å²) in [6, 6.07) is 0. The van der Waals surface area contributed by atoms with E-state index in [0.29, 0.717) is 26.3 Å². The highest BCUT2D eigenvalue weighted by Gasteiger charge is 2.22. The van der Waals surface area contributed by atoms with Crippen LogP contribution in [0.25, 0.3) is 0 Å². The van der Waals surface area contributed by atoms with Crippen molar-refractivity contribution in [1.82, 2.24) is 10.6 Å². The van der Waals surface area contributed by atoms with Gasteiger partial charge in [0.15, 0.2) is 0 Å². The Morgan fingerprint density at radius 1 is 1.62 bits per heavy atom. The molecule has 0 bridgehead atoms. The maximum Gasteiger partial charge on any atom is 0.250 e. The average molecular weight is 232 g/mol. The lowest BCUT2D eigenvalue weighted by Crippen LogP contribution is -2.49. The number of carbonyl (C=O) groups is 1. The summed E-state index contributed by atoms with van der Waals surface area (Å²) in [4.78, 5) is 11.7. The van der Waals surface area contributed by atoms with E-state index in [1.54, 1.807) is 14.2 Å². The molecule has 1 rings (SSSR count). The van der Waals surface area contributed by atoms with Crippen molar-refractivity contribution >= 4 is 5.91 Å². The van der Waals surface area contributed by atoms with Crippen molar-refractivity contribution < 1.29 is 19.0 Å². The predicted molar refractivity (Wildman–Crippen MR) is 58.3 cm³/mol. The topological polar surface area (TPSA) is 68.8 Å². The molecule has 94 valence electrons. The second-order valence-electron chi connectivity index (χ2n) is 3.62. The van der Waals surface area contributed by atoms with Crippen molar-refractivity contribution in [2.75, 3.05) is 47.1 Å². The Bertz CT molecular complexity index is 207. The maximum absolute atomic E-state index is 11.7. The average Bonchev–Trinajstić information content (AvgIpc) is 2.35. The van der Waals surface area contributed by atoms with Gasteiger partial charge in [-0.2, -0.15) is 0 Å². The van der Waals surface area contributed by atoms with Crippen molar-refractivity contribution in [1.29, 1.82) is 0 Å². The van der Waals surface area contributed by atoms with Gasteiger partial charge in [0, 0.05) is 33.9 Å². The van der Waals surface area contributed by atoms with Gasteiger partial charge in [-0.25, -0.2) is 0 Å². The normalized spacial score (nSPS) is 22.8. The number of amides is 1. The van der Waals surface area contributed by atoms with Crippen LogP contribution in [0, 0.1) is 0 Å². The highest BCUT2D eigenvalue weighted by Crippen LogP contribution is 1.96. The van der Waals surface area contributed by atoms with Gasteiger partial charge >= 0.3 is 0 Å². The van der Waals surface area contributed by atoms with Crippen LogP contribution >= 0.6 is 0 Å². The molecule has 2 N–H and O–H groups in total. The number of ether oxygens (including phenoxy) is 3. The molecular weight excluding hydrogens is 212 g/mol. The van der Waals surface area contributed by atoms with Gasteiger partial charge in [0.25, 0.3) is 5.91 Å². The molecule has 1 heterocycles. The van der Waals surface area contributed by atoms with Crippen LogP contribution < -0.4 is 10.6 Å². The van der Waals surface area contributed by atoms with Gasteiger partial charge in [0.2, 0.25) is 0 Å². The van der Waals surface area contributed by atoms with Crippen molar-refractivity contribution in [2.45, 2.75) is 12.2 Å². The van der Waals surface area contributed by atoms with E-state index in [1.807, 2.05) is 0 Å². The van der Waals surface area contributed by atoms with Crippen molar-refractivity contribution in [3.05, 3.63) is 0 Å². The lowest BCUT2D eigenvalue weighted by Gasteiger charge is -2.23. The lowest BCUT2D eigenvalue weighted by atomic mass is 10.2. The Kier molecular flexibility index (Phi) is 6.32. The summed E-state index contributed by atoms with van der Waals surface area (Å²) in [5.74, 6) is -0.106. The molecule has 2 unspecified atom stereocenters. The smallest absolute Gasteiger partial charge is 0.250 e. The van der Waals surface area contributed by atoms with E-state index in [2.05, 4.69) is 10.6 Å². The van der Waals surface area contributed by atoms with Crippen LogP contribution in [0.4, 0.5) is 0 Å². The third-order valence-electron chi connectivity index (χ3n) is 2.41. The monoisotopic (exact) mass is 232 g/mol. The minimum Gasteiger partial charge on any atom is -0.382 e. The fraction of sp³-hybridized carbons (Fsp3) is 0.900. The van der Waals surface area contributed by atoms with Crippen LogP contribution in [-0.2, 0) is 19.0 Å². The quantitative estimate of drug-likeness (QED) is 0.599. The molecule has 1 saturated heterocycles. The molecule has 6 heteroatoms. The second kappa shape index (κ2) is 7.56. The van der Waals surface area contributed by atoms with E-state index in [9.17, 15) is 4.79 Å². The minimum absolute atomic E-state index is 0.106. The molecule has 0 saturated carbocycles. The first-order valence-electron chi connectivity index (χ1n) is 5.39. The molecule has 0 radical (unpaired) electrons. The molecule has 16 heavy (non-hydrogen) atoms. The Labute approximate surface area is 95.6 Å². The Morgan fingerprint density at radius 2 is 2.44 bits per heavy atom. The third kappa shape index (κ3) is 4.44. The number of carbonyl (C=O) groups excluding carboxylic acids is 1. The summed E-state index contributed by atoms with van der Waals surface area (Å²) in [6.45, 7) is 2.83. The second-order valence-corrected chi connectivity index (χ2v) is 3.62. The first-order valence-corrected chi connectivity index (χ1v) is 5.39. The van der Waals surface area contributed by atoms with Crippen LogP contribution in [0.3, 0.4) is 0 Å². The van der Waals surface area contributed by atoms with Gasteiger partial charge in [0.1, 0.15) is 6.10 Å². The third-order valence-corrected chi connectivity index (χ3v) is 2.41. The lowest BCUT2D eigenvalue weighted by molar-refractivity contribution is -0.134. The van der Waals surface area contributed by atoms with Crippen molar-refractivity contribution in [3.8, 4) is 0 Å². The molecule has 1 amide bonds. The fourth-order valence-electron chi connectivity index (χ4n) is 1.46. The highest BCUT2D eigenvalue weighted by molar-refractivity contribution is 5.81. The van der Waals surface area contributed by atoms with Crippen LogP contribution in [0.1, 0.15) is 0 Å². The van der Waals surface area contributed by atoms with Crippen molar-refractivity contribution in [3.63, 3.8) is 0 Å². The van der Waals surface area contributed by atoms with E-state index in [0.717, 1.165) is 6.54 Å². The van der Waals surface area contributed by atoms with Gasteiger partial charge in [-0.3, -0.25) is 4.79 Å². The van der Waals surface area contributed by atoms with E-state index in [4.69, 9.17) is 14.2 Å². The first kappa shape index (κ1) is 13.4. The number of morpholine rings is 1. The van der Waals surface area contributed by atoms with Crippen LogP contribution in [0.15, 0.2) is 0 Å². The van der Waals surface area contributed by atoms with E-state index < -0.39 is 6.10 Å². The van der Waals surface area contributed by atoms with Gasteiger partial charge < -0.3 is 24.8 Å². The molecule has 0 aromatic carbocycles. The van der Waals surface area contributed by atoms with Crippen LogP contribution in [0.5, 0.6) is 0 Å². The molecule has 0 spiro atoms. The Balaban J connectivity index is 2.22. The van der Waals surface area contributed by atoms with E-state index in [-0.39, 0.29) is 12.0 Å². The summed E-state index contributed by atoms with van der Waals surface area (Å²) in [6.07, 6.45) is -0.515. The summed E-state index contributed by atoms with van der Waals surface area (Å²) < 4.78 is 15.4. The molecule has 1 fully saturated rings. The molecule has 1 aliphatic heterocycles. The molecule has 2 atom stereocenters. The highest BCUT2D eigenvalue weighted by atomic mass is 16.5. The standard InChI is InChI=1S/C10H20N2O4/c1-14-7-8(15-2)5-12-10(13)9-6-11-3-4-16-9/h8-9,11H,3-7H2,1-2H3,(H,12,13). The molecular formula is C10H20N2O4. The van der Waals surface area contributed by atoms with Crippen molar-refractivity contribution in [2.24, 2.45) is 0 Å². The SMILES string of the molecule is COCC(CNC(=O)C1CNCCO1)OC. The van der Waals surface area contributed by atoms with Crippen LogP contribution in [0.2, 0.25) is 0 Å². The number of methoxy groups -OCH3 is 2. The van der Waals surface area contributed by atoms with E-state index >= 15 is 0 Å². The predicted octanol–water partition coefficient (Wildman–Crippen LogP) is -1.25. The Hall–Kier alpha value is -0.690. The zero-order valence-corrected chi connectivity index (χ0v) is 9.82.